The minimum atomic E-state index is -0.637. The van der Waals surface area contributed by atoms with Crippen molar-refractivity contribution in [2.75, 3.05) is 26.2 Å². The van der Waals surface area contributed by atoms with Gasteiger partial charge in [0.1, 0.15) is 18.5 Å². The van der Waals surface area contributed by atoms with Crippen LogP contribution in [-0.4, -0.2) is 60.3 Å². The van der Waals surface area contributed by atoms with E-state index >= 15 is 0 Å². The molecule has 1 saturated carbocycles. The molecule has 1 amide bonds. The number of carbonyl (C=O) groups excluding carboxylic acids is 1. The lowest BCUT2D eigenvalue weighted by molar-refractivity contribution is 0.0906. The summed E-state index contributed by atoms with van der Waals surface area (Å²) in [5, 5.41) is 17.6. The number of likely N-dealkylation sites (tertiary alicyclic amines) is 1. The Morgan fingerprint density at radius 1 is 1.06 bits per heavy atom. The number of hydrogen-bond donors (Lipinski definition) is 3. The van der Waals surface area contributed by atoms with Crippen LogP contribution in [0.3, 0.4) is 0 Å². The van der Waals surface area contributed by atoms with Crippen LogP contribution in [0.4, 0.5) is 0 Å². The smallest absolute Gasteiger partial charge is 0.255 e. The summed E-state index contributed by atoms with van der Waals surface area (Å²) in [6, 6.07) is 15.9. The maximum Gasteiger partial charge on any atom is 0.255 e. The second-order valence-electron chi connectivity index (χ2n) is 8.79. The van der Waals surface area contributed by atoms with Gasteiger partial charge in [0.15, 0.2) is 0 Å². The van der Waals surface area contributed by atoms with Crippen LogP contribution >= 0.6 is 11.6 Å². The highest BCUT2D eigenvalue weighted by Gasteiger charge is 2.25. The first-order chi connectivity index (χ1) is 15.6. The topological polar surface area (TPSA) is 73.8 Å². The van der Waals surface area contributed by atoms with Crippen molar-refractivity contribution in [2.45, 2.75) is 50.4 Å². The number of amides is 1. The van der Waals surface area contributed by atoms with E-state index in [0.29, 0.717) is 29.9 Å². The highest BCUT2D eigenvalue weighted by molar-refractivity contribution is 6.30. The maximum absolute atomic E-state index is 12.4. The van der Waals surface area contributed by atoms with E-state index < -0.39 is 6.10 Å². The summed E-state index contributed by atoms with van der Waals surface area (Å²) in [6.07, 6.45) is 3.54. The summed E-state index contributed by atoms with van der Waals surface area (Å²) < 4.78 is 5.79. The zero-order chi connectivity index (χ0) is 22.3. The van der Waals surface area contributed by atoms with Gasteiger partial charge in [-0.1, -0.05) is 35.9 Å². The molecule has 0 spiro atoms. The number of aliphatic hydroxyl groups is 1. The minimum absolute atomic E-state index is 0.110. The van der Waals surface area contributed by atoms with Crippen LogP contribution in [0, 0.1) is 0 Å². The Labute approximate surface area is 194 Å². The second kappa shape index (κ2) is 11.1. The average Bonchev–Trinajstić information content (AvgIpc) is 3.63. The fraction of sp³-hybridized carbons (Fsp3) is 0.480. The van der Waals surface area contributed by atoms with Crippen LogP contribution in [-0.2, 0) is 6.54 Å². The summed E-state index contributed by atoms with van der Waals surface area (Å²) in [7, 11) is 0. The highest BCUT2D eigenvalue weighted by atomic mass is 35.5. The van der Waals surface area contributed by atoms with Crippen LogP contribution < -0.4 is 15.4 Å². The molecular formula is C25H32ClN3O3. The Kier molecular flexibility index (Phi) is 8.03. The average molecular weight is 458 g/mol. The van der Waals surface area contributed by atoms with Crippen LogP contribution in [0.25, 0.3) is 0 Å². The molecule has 2 aromatic rings. The van der Waals surface area contributed by atoms with E-state index in [9.17, 15) is 9.90 Å². The van der Waals surface area contributed by atoms with Crippen molar-refractivity contribution in [1.29, 1.82) is 0 Å². The predicted octanol–water partition coefficient (Wildman–Crippen LogP) is 3.23. The van der Waals surface area contributed by atoms with E-state index in [1.807, 2.05) is 24.3 Å². The highest BCUT2D eigenvalue weighted by Crippen LogP contribution is 2.23. The van der Waals surface area contributed by atoms with Gasteiger partial charge in [-0.2, -0.15) is 0 Å². The number of nitrogens with zero attached hydrogens (tertiary/aromatic N) is 1. The molecule has 1 heterocycles. The summed E-state index contributed by atoms with van der Waals surface area (Å²) in [4.78, 5) is 14.8. The van der Waals surface area contributed by atoms with Crippen molar-refractivity contribution in [3.63, 3.8) is 0 Å². The third-order valence-corrected chi connectivity index (χ3v) is 6.28. The van der Waals surface area contributed by atoms with E-state index in [1.165, 1.54) is 5.56 Å². The van der Waals surface area contributed by atoms with E-state index in [0.717, 1.165) is 50.3 Å². The lowest BCUT2D eigenvalue weighted by Crippen LogP contribution is -2.45. The van der Waals surface area contributed by atoms with Gasteiger partial charge in [-0.3, -0.25) is 9.69 Å². The van der Waals surface area contributed by atoms with E-state index in [2.05, 4.69) is 27.7 Å². The number of ether oxygens (including phenoxy) is 1. The SMILES string of the molecule is O=C(NC1CC1)c1ccccc1OC[C@@H](O)CNC1CCN(Cc2ccc(Cl)cc2)CC1. The molecule has 7 heteroatoms. The molecule has 2 aromatic carbocycles. The molecule has 0 unspecified atom stereocenters. The molecule has 4 rings (SSSR count). The molecule has 3 N–H and O–H groups in total. The number of benzene rings is 2. The van der Waals surface area contributed by atoms with E-state index in [1.54, 1.807) is 12.1 Å². The number of para-hydroxylation sites is 1. The number of hydrogen-bond acceptors (Lipinski definition) is 5. The second-order valence-corrected chi connectivity index (χ2v) is 9.23. The number of aliphatic hydroxyl groups excluding tert-OH is 1. The van der Waals surface area contributed by atoms with Crippen molar-refractivity contribution >= 4 is 17.5 Å². The van der Waals surface area contributed by atoms with E-state index in [4.69, 9.17) is 16.3 Å². The molecule has 1 aliphatic heterocycles. The first-order valence-electron chi connectivity index (χ1n) is 11.5. The van der Waals surface area contributed by atoms with Crippen LogP contribution in [0.15, 0.2) is 48.5 Å². The number of nitrogens with one attached hydrogen (secondary N) is 2. The summed E-state index contributed by atoms with van der Waals surface area (Å²) in [5.41, 5.74) is 1.80. The van der Waals surface area contributed by atoms with E-state index in [-0.39, 0.29) is 12.5 Å². The minimum Gasteiger partial charge on any atom is -0.490 e. The molecular weight excluding hydrogens is 426 g/mol. The summed E-state index contributed by atoms with van der Waals surface area (Å²) >= 11 is 5.96. The lowest BCUT2D eigenvalue weighted by Gasteiger charge is -2.33. The Balaban J connectivity index is 1.16. The monoisotopic (exact) mass is 457 g/mol. The quantitative estimate of drug-likeness (QED) is 0.511. The Morgan fingerprint density at radius 3 is 2.50 bits per heavy atom. The van der Waals surface area contributed by atoms with Gasteiger partial charge in [0, 0.05) is 30.2 Å². The third-order valence-electron chi connectivity index (χ3n) is 6.02. The molecule has 1 saturated heterocycles. The van der Waals surface area contributed by atoms with Crippen molar-refractivity contribution in [3.05, 3.63) is 64.7 Å². The van der Waals surface area contributed by atoms with Crippen LogP contribution in [0.2, 0.25) is 5.02 Å². The standard InChI is InChI=1S/C25H32ClN3O3/c26-19-7-5-18(6-8-19)16-29-13-11-20(12-14-29)27-15-22(30)17-32-24-4-2-1-3-23(24)25(31)28-21-9-10-21/h1-8,20-22,27,30H,9-17H2,(H,28,31)/t22-/m0/s1. The normalized spacial score (nSPS) is 18.3. The Bertz CT molecular complexity index is 880. The number of rotatable bonds is 10. The van der Waals surface area contributed by atoms with Gasteiger partial charge in [-0.25, -0.2) is 0 Å². The molecule has 172 valence electrons. The molecule has 0 bridgehead atoms. The number of carbonyl (C=O) groups is 1. The van der Waals surface area contributed by atoms with Gasteiger partial charge in [-0.15, -0.1) is 0 Å². The van der Waals surface area contributed by atoms with Gasteiger partial charge >= 0.3 is 0 Å². The number of halogens is 1. The fourth-order valence-electron chi connectivity index (χ4n) is 3.96. The van der Waals surface area contributed by atoms with Gasteiger partial charge < -0.3 is 20.5 Å². The molecule has 32 heavy (non-hydrogen) atoms. The molecule has 2 fully saturated rings. The van der Waals surface area contributed by atoms with Crippen molar-refractivity contribution < 1.29 is 14.6 Å². The van der Waals surface area contributed by atoms with Gasteiger partial charge in [0.2, 0.25) is 0 Å². The number of piperidine rings is 1. The zero-order valence-corrected chi connectivity index (χ0v) is 19.1. The fourth-order valence-corrected chi connectivity index (χ4v) is 4.09. The Hall–Kier alpha value is -2.12. The van der Waals surface area contributed by atoms with Crippen molar-refractivity contribution in [1.82, 2.24) is 15.5 Å². The molecule has 6 nitrogen and oxygen atoms in total. The third kappa shape index (κ3) is 6.94. The lowest BCUT2D eigenvalue weighted by atomic mass is 10.0. The first kappa shape index (κ1) is 23.1. The van der Waals surface area contributed by atoms with Gasteiger partial charge in [0.25, 0.3) is 5.91 Å². The molecule has 0 radical (unpaired) electrons. The Morgan fingerprint density at radius 2 is 1.78 bits per heavy atom. The molecule has 1 aliphatic carbocycles. The largest absolute Gasteiger partial charge is 0.490 e. The van der Waals surface area contributed by atoms with Gasteiger partial charge in [0.05, 0.1) is 5.56 Å². The predicted molar refractivity (Wildman–Crippen MR) is 126 cm³/mol. The summed E-state index contributed by atoms with van der Waals surface area (Å²) in [6.45, 7) is 3.61. The van der Waals surface area contributed by atoms with Crippen molar-refractivity contribution in [2.24, 2.45) is 0 Å². The molecule has 1 atom stereocenters. The molecule has 0 aromatic heterocycles. The summed E-state index contributed by atoms with van der Waals surface area (Å²) in [5.74, 6) is 0.404. The molecule has 2 aliphatic rings. The van der Waals surface area contributed by atoms with Crippen LogP contribution in [0.5, 0.6) is 5.75 Å². The van der Waals surface area contributed by atoms with Gasteiger partial charge in [-0.05, 0) is 68.6 Å². The van der Waals surface area contributed by atoms with Crippen molar-refractivity contribution in [3.8, 4) is 5.75 Å². The zero-order valence-electron chi connectivity index (χ0n) is 18.3. The maximum atomic E-state index is 12.4. The van der Waals surface area contributed by atoms with Crippen LogP contribution in [0.1, 0.15) is 41.6 Å². The first-order valence-corrected chi connectivity index (χ1v) is 11.9.